The van der Waals surface area contributed by atoms with E-state index in [1.165, 1.54) is 7.11 Å². The predicted octanol–water partition coefficient (Wildman–Crippen LogP) is 0.119. The molecule has 0 saturated carbocycles. The Morgan fingerprint density at radius 1 is 1.25 bits per heavy atom. The highest BCUT2D eigenvalue weighted by molar-refractivity contribution is 5.79. The molecular weight excluding hydrogens is 260 g/mol. The molecule has 0 bridgehead atoms. The van der Waals surface area contributed by atoms with E-state index in [-0.39, 0.29) is 11.9 Å². The molecule has 2 saturated heterocycles. The molecule has 114 valence electrons. The predicted molar refractivity (Wildman–Crippen MR) is 73.2 cm³/mol. The van der Waals surface area contributed by atoms with E-state index < -0.39 is 6.10 Å². The fourth-order valence-electron chi connectivity index (χ4n) is 2.67. The number of rotatable bonds is 3. The Hall–Kier alpha value is -1.14. The van der Waals surface area contributed by atoms with Gasteiger partial charge in [0.05, 0.1) is 20.3 Å². The van der Waals surface area contributed by atoms with Crippen molar-refractivity contribution in [1.82, 2.24) is 9.80 Å². The molecule has 2 aliphatic rings. The normalized spacial score (nSPS) is 25.5. The van der Waals surface area contributed by atoms with Crippen LogP contribution in [-0.2, 0) is 19.1 Å². The topological polar surface area (TPSA) is 59.1 Å². The summed E-state index contributed by atoms with van der Waals surface area (Å²) >= 11 is 0. The lowest BCUT2D eigenvalue weighted by Gasteiger charge is -2.35. The molecule has 0 aromatic heterocycles. The van der Waals surface area contributed by atoms with Gasteiger partial charge in [0.15, 0.2) is 6.10 Å². The molecule has 6 nitrogen and oxygen atoms in total. The third kappa shape index (κ3) is 3.93. The Morgan fingerprint density at radius 2 is 1.95 bits per heavy atom. The van der Waals surface area contributed by atoms with Crippen LogP contribution in [0.2, 0.25) is 0 Å². The molecule has 20 heavy (non-hydrogen) atoms. The van der Waals surface area contributed by atoms with Gasteiger partial charge >= 0.3 is 5.97 Å². The first-order valence-corrected chi connectivity index (χ1v) is 7.29. The summed E-state index contributed by atoms with van der Waals surface area (Å²) in [6.07, 6.45) is 1.60. The molecule has 0 radical (unpaired) electrons. The Labute approximate surface area is 120 Å². The number of methoxy groups -OCH3 is 1. The second-order valence-electron chi connectivity index (χ2n) is 5.68. The number of carbonyl (C=O) groups excluding carboxylic acids is 2. The highest BCUT2D eigenvalue weighted by atomic mass is 16.6. The standard InChI is InChI=1S/C14H24N2O4/c1-11-3-5-16(6-4-11)13(17)10-15-7-8-20-12(9-15)14(18)19-2/h11-12H,3-10H2,1-2H3. The van der Waals surface area contributed by atoms with Crippen LogP contribution in [-0.4, -0.2) is 74.2 Å². The number of carbonyl (C=O) groups is 2. The van der Waals surface area contributed by atoms with E-state index in [4.69, 9.17) is 4.74 Å². The van der Waals surface area contributed by atoms with Crippen molar-refractivity contribution in [2.24, 2.45) is 5.92 Å². The smallest absolute Gasteiger partial charge is 0.336 e. The summed E-state index contributed by atoms with van der Waals surface area (Å²) in [5.41, 5.74) is 0. The summed E-state index contributed by atoms with van der Waals surface area (Å²) in [4.78, 5) is 27.6. The zero-order chi connectivity index (χ0) is 14.5. The summed E-state index contributed by atoms with van der Waals surface area (Å²) in [6, 6.07) is 0. The van der Waals surface area contributed by atoms with E-state index >= 15 is 0 Å². The lowest BCUT2D eigenvalue weighted by atomic mass is 9.99. The first-order valence-electron chi connectivity index (χ1n) is 7.29. The number of nitrogens with zero attached hydrogens (tertiary/aromatic N) is 2. The number of piperidine rings is 1. The van der Waals surface area contributed by atoms with Crippen molar-refractivity contribution in [2.45, 2.75) is 25.9 Å². The molecule has 2 fully saturated rings. The molecule has 1 atom stereocenters. The van der Waals surface area contributed by atoms with E-state index in [2.05, 4.69) is 11.7 Å². The first kappa shape index (κ1) is 15.3. The van der Waals surface area contributed by atoms with Crippen LogP contribution in [0.5, 0.6) is 0 Å². The largest absolute Gasteiger partial charge is 0.467 e. The number of ether oxygens (including phenoxy) is 2. The third-order valence-electron chi connectivity index (χ3n) is 4.11. The summed E-state index contributed by atoms with van der Waals surface area (Å²) in [5.74, 6) is 0.502. The highest BCUT2D eigenvalue weighted by Crippen LogP contribution is 2.16. The number of likely N-dealkylation sites (tertiary alicyclic amines) is 1. The van der Waals surface area contributed by atoms with Gasteiger partial charge in [-0.05, 0) is 18.8 Å². The maximum absolute atomic E-state index is 12.2. The zero-order valence-electron chi connectivity index (χ0n) is 12.3. The van der Waals surface area contributed by atoms with Crippen molar-refractivity contribution < 1.29 is 19.1 Å². The lowest BCUT2D eigenvalue weighted by molar-refractivity contribution is -0.161. The molecule has 1 unspecified atom stereocenters. The SMILES string of the molecule is COC(=O)C1CN(CC(=O)N2CCC(C)CC2)CCO1. The Bertz CT molecular complexity index is 353. The summed E-state index contributed by atoms with van der Waals surface area (Å²) in [5, 5.41) is 0. The maximum Gasteiger partial charge on any atom is 0.336 e. The van der Waals surface area contributed by atoms with Gasteiger partial charge in [-0.25, -0.2) is 4.79 Å². The van der Waals surface area contributed by atoms with E-state index in [9.17, 15) is 9.59 Å². The number of morpholine rings is 1. The van der Waals surface area contributed by atoms with Gasteiger partial charge in [0.25, 0.3) is 0 Å². The van der Waals surface area contributed by atoms with Gasteiger partial charge in [-0.3, -0.25) is 9.69 Å². The van der Waals surface area contributed by atoms with E-state index in [1.807, 2.05) is 9.80 Å². The second kappa shape index (κ2) is 7.04. The van der Waals surface area contributed by atoms with Crippen molar-refractivity contribution in [2.75, 3.05) is 46.4 Å². The quantitative estimate of drug-likeness (QED) is 0.689. The molecule has 6 heteroatoms. The van der Waals surface area contributed by atoms with Crippen LogP contribution in [0.15, 0.2) is 0 Å². The molecule has 2 aliphatic heterocycles. The van der Waals surface area contributed by atoms with Crippen molar-refractivity contribution in [3.05, 3.63) is 0 Å². The number of esters is 1. The van der Waals surface area contributed by atoms with E-state index in [0.29, 0.717) is 32.2 Å². The molecular formula is C14H24N2O4. The van der Waals surface area contributed by atoms with Crippen LogP contribution >= 0.6 is 0 Å². The number of hydrogen-bond donors (Lipinski definition) is 0. The molecule has 0 aliphatic carbocycles. The van der Waals surface area contributed by atoms with Gasteiger partial charge in [0.1, 0.15) is 0 Å². The molecule has 1 amide bonds. The van der Waals surface area contributed by atoms with Gasteiger partial charge in [0, 0.05) is 26.2 Å². The lowest BCUT2D eigenvalue weighted by Crippen LogP contribution is -2.51. The fourth-order valence-corrected chi connectivity index (χ4v) is 2.67. The van der Waals surface area contributed by atoms with Crippen molar-refractivity contribution in [3.63, 3.8) is 0 Å². The van der Waals surface area contributed by atoms with Crippen molar-refractivity contribution in [3.8, 4) is 0 Å². The molecule has 2 rings (SSSR count). The van der Waals surface area contributed by atoms with E-state index in [0.717, 1.165) is 25.9 Å². The third-order valence-corrected chi connectivity index (χ3v) is 4.11. The molecule has 0 aromatic rings. The van der Waals surface area contributed by atoms with Crippen molar-refractivity contribution >= 4 is 11.9 Å². The Balaban J connectivity index is 1.80. The van der Waals surface area contributed by atoms with Crippen LogP contribution in [0, 0.1) is 5.92 Å². The Morgan fingerprint density at radius 3 is 2.60 bits per heavy atom. The summed E-state index contributed by atoms with van der Waals surface area (Å²) < 4.78 is 10.0. The highest BCUT2D eigenvalue weighted by Gasteiger charge is 2.29. The van der Waals surface area contributed by atoms with Gasteiger partial charge < -0.3 is 14.4 Å². The Kier molecular flexibility index (Phi) is 5.37. The fraction of sp³-hybridized carbons (Fsp3) is 0.857. The first-order chi connectivity index (χ1) is 9.60. The molecule has 2 heterocycles. The van der Waals surface area contributed by atoms with Gasteiger partial charge in [-0.15, -0.1) is 0 Å². The minimum Gasteiger partial charge on any atom is -0.467 e. The maximum atomic E-state index is 12.2. The monoisotopic (exact) mass is 284 g/mol. The average molecular weight is 284 g/mol. The van der Waals surface area contributed by atoms with Gasteiger partial charge in [0.2, 0.25) is 5.91 Å². The van der Waals surface area contributed by atoms with Crippen LogP contribution in [0.4, 0.5) is 0 Å². The minimum absolute atomic E-state index is 0.155. The molecule has 0 aromatic carbocycles. The summed E-state index contributed by atoms with van der Waals surface area (Å²) in [6.45, 7) is 5.88. The number of amides is 1. The van der Waals surface area contributed by atoms with E-state index in [1.54, 1.807) is 0 Å². The average Bonchev–Trinajstić information content (AvgIpc) is 2.47. The molecule has 0 N–H and O–H groups in total. The summed E-state index contributed by atoms with van der Waals surface area (Å²) in [7, 11) is 1.35. The van der Waals surface area contributed by atoms with Crippen LogP contribution in [0.1, 0.15) is 19.8 Å². The number of hydrogen-bond acceptors (Lipinski definition) is 5. The van der Waals surface area contributed by atoms with Crippen LogP contribution in [0.25, 0.3) is 0 Å². The van der Waals surface area contributed by atoms with Crippen LogP contribution in [0.3, 0.4) is 0 Å². The second-order valence-corrected chi connectivity index (χ2v) is 5.68. The minimum atomic E-state index is -0.567. The van der Waals surface area contributed by atoms with Crippen molar-refractivity contribution in [1.29, 1.82) is 0 Å². The zero-order valence-corrected chi connectivity index (χ0v) is 12.3. The van der Waals surface area contributed by atoms with Gasteiger partial charge in [-0.1, -0.05) is 6.92 Å². The molecule has 0 spiro atoms. The van der Waals surface area contributed by atoms with Crippen LogP contribution < -0.4 is 0 Å². The van der Waals surface area contributed by atoms with Gasteiger partial charge in [-0.2, -0.15) is 0 Å².